The molecule has 0 radical (unpaired) electrons. The molecule has 13 heteroatoms. The molecule has 1 N–H and O–H groups in total. The van der Waals surface area contributed by atoms with Crippen molar-refractivity contribution in [1.29, 1.82) is 0 Å². The Morgan fingerprint density at radius 2 is 1.66 bits per heavy atom. The van der Waals surface area contributed by atoms with Gasteiger partial charge in [-0.3, -0.25) is 9.36 Å². The minimum absolute atomic E-state index is 0.203. The third-order valence-electron chi connectivity index (χ3n) is 4.32. The number of fused-ring (bicyclic) bond motifs is 1. The smallest absolute Gasteiger partial charge is 0.305 e. The van der Waals surface area contributed by atoms with E-state index in [1.54, 1.807) is 47.4 Å². The summed E-state index contributed by atoms with van der Waals surface area (Å²) >= 11 is 26.8. The second-order valence-electron chi connectivity index (χ2n) is 6.36. The Labute approximate surface area is 208 Å². The molecule has 160 valence electrons. The first-order valence-corrected chi connectivity index (χ1v) is 11.9. The van der Waals surface area contributed by atoms with E-state index >= 15 is 0 Å². The zero-order valence-electron chi connectivity index (χ0n) is 15.5. The van der Waals surface area contributed by atoms with Crippen molar-refractivity contribution in [2.24, 2.45) is 0 Å². The lowest BCUT2D eigenvalue weighted by molar-refractivity contribution is 0.881. The molecule has 7 nitrogen and oxygen atoms in total. The first-order valence-electron chi connectivity index (χ1n) is 8.78. The zero-order valence-corrected chi connectivity index (χ0v) is 20.2. The number of halogens is 4. The largest absolute Gasteiger partial charge is 0.319 e. The molecule has 0 aliphatic heterocycles. The Morgan fingerprint density at radius 3 is 2.34 bits per heavy atom. The SMILES string of the molecule is O=c1[nH]cc(-c2nc3cc(Cl)c(Cl)cc3nc2Sc2nncn2-c2ccc(Cl)c(Cl)c2)s1. The molecule has 0 saturated heterocycles. The van der Waals surface area contributed by atoms with Crippen molar-refractivity contribution in [2.75, 3.05) is 0 Å². The Bertz CT molecular complexity index is 1550. The molecule has 5 aromatic rings. The number of thiazole rings is 1. The fraction of sp³-hybridized carbons (Fsp3) is 0. The van der Waals surface area contributed by atoms with Crippen molar-refractivity contribution in [3.05, 3.63) is 72.6 Å². The number of rotatable bonds is 4. The molecule has 0 unspecified atom stereocenters. The molecule has 0 amide bonds. The summed E-state index contributed by atoms with van der Waals surface area (Å²) in [5.41, 5.74) is 2.33. The monoisotopic (exact) mass is 540 g/mol. The van der Waals surface area contributed by atoms with Gasteiger partial charge in [0.2, 0.25) is 5.16 Å². The molecule has 3 aromatic heterocycles. The molecule has 0 aliphatic rings. The minimum atomic E-state index is -0.203. The van der Waals surface area contributed by atoms with Crippen LogP contribution in [0, 0.1) is 0 Å². The lowest BCUT2D eigenvalue weighted by Gasteiger charge is -2.10. The minimum Gasteiger partial charge on any atom is -0.319 e. The number of hydrogen-bond donors (Lipinski definition) is 1. The highest BCUT2D eigenvalue weighted by molar-refractivity contribution is 7.99. The number of hydrogen-bond acceptors (Lipinski definition) is 7. The predicted octanol–water partition coefficient (Wildman–Crippen LogP) is 6.39. The maximum atomic E-state index is 11.8. The zero-order chi connectivity index (χ0) is 22.4. The van der Waals surface area contributed by atoms with Crippen molar-refractivity contribution in [2.45, 2.75) is 10.2 Å². The maximum Gasteiger partial charge on any atom is 0.305 e. The average molecular weight is 542 g/mol. The van der Waals surface area contributed by atoms with Crippen LogP contribution >= 0.6 is 69.5 Å². The quantitative estimate of drug-likeness (QED) is 0.283. The van der Waals surface area contributed by atoms with Gasteiger partial charge in [0.25, 0.3) is 0 Å². The van der Waals surface area contributed by atoms with E-state index in [1.807, 2.05) is 0 Å². The van der Waals surface area contributed by atoms with E-state index in [-0.39, 0.29) is 4.87 Å². The highest BCUT2D eigenvalue weighted by Crippen LogP contribution is 2.37. The number of aromatic amines is 1. The second kappa shape index (κ2) is 8.66. The molecule has 0 fully saturated rings. The molecule has 0 spiro atoms. The Morgan fingerprint density at radius 1 is 0.938 bits per heavy atom. The molecule has 0 atom stereocenters. The van der Waals surface area contributed by atoms with Gasteiger partial charge in [-0.15, -0.1) is 10.2 Å². The van der Waals surface area contributed by atoms with E-state index in [0.29, 0.717) is 51.9 Å². The lowest BCUT2D eigenvalue weighted by atomic mass is 10.3. The van der Waals surface area contributed by atoms with E-state index < -0.39 is 0 Å². The van der Waals surface area contributed by atoms with Crippen molar-refractivity contribution >= 4 is 80.5 Å². The van der Waals surface area contributed by atoms with Gasteiger partial charge in [0, 0.05) is 6.20 Å². The second-order valence-corrected chi connectivity index (χ2v) is 9.96. The lowest BCUT2D eigenvalue weighted by Crippen LogP contribution is -1.98. The van der Waals surface area contributed by atoms with Gasteiger partial charge in [-0.2, -0.15) is 0 Å². The Kier molecular flexibility index (Phi) is 5.87. The number of aromatic nitrogens is 6. The van der Waals surface area contributed by atoms with Gasteiger partial charge in [-0.05, 0) is 42.1 Å². The fourth-order valence-electron chi connectivity index (χ4n) is 2.86. The first-order chi connectivity index (χ1) is 15.4. The summed E-state index contributed by atoms with van der Waals surface area (Å²) in [4.78, 5) is 24.3. The summed E-state index contributed by atoms with van der Waals surface area (Å²) in [6, 6.07) is 8.48. The van der Waals surface area contributed by atoms with Crippen LogP contribution in [0.3, 0.4) is 0 Å². The molecule has 0 aliphatic carbocycles. The molecule has 3 heterocycles. The van der Waals surface area contributed by atoms with Crippen LogP contribution in [0.4, 0.5) is 0 Å². The third-order valence-corrected chi connectivity index (χ3v) is 7.55. The van der Waals surface area contributed by atoms with Crippen LogP contribution in [0.5, 0.6) is 0 Å². The van der Waals surface area contributed by atoms with Gasteiger partial charge in [0.15, 0.2) is 0 Å². The molecular weight excluding hydrogens is 534 g/mol. The fourth-order valence-corrected chi connectivity index (χ4v) is 5.11. The maximum absolute atomic E-state index is 11.8. The predicted molar refractivity (Wildman–Crippen MR) is 129 cm³/mol. The van der Waals surface area contributed by atoms with Crippen LogP contribution in [-0.4, -0.2) is 29.7 Å². The average Bonchev–Trinajstić information content (AvgIpc) is 3.40. The topological polar surface area (TPSA) is 89.3 Å². The van der Waals surface area contributed by atoms with E-state index in [9.17, 15) is 4.79 Å². The molecule has 0 saturated carbocycles. The van der Waals surface area contributed by atoms with Crippen molar-refractivity contribution < 1.29 is 0 Å². The van der Waals surface area contributed by atoms with Crippen LogP contribution in [0.15, 0.2) is 57.8 Å². The van der Waals surface area contributed by atoms with Gasteiger partial charge in [0.05, 0.1) is 41.7 Å². The Balaban J connectivity index is 1.66. The summed E-state index contributed by atoms with van der Waals surface area (Å²) in [5, 5.41) is 10.8. The van der Waals surface area contributed by atoms with E-state index in [2.05, 4.69) is 15.2 Å². The van der Waals surface area contributed by atoms with Crippen molar-refractivity contribution in [1.82, 2.24) is 29.7 Å². The van der Waals surface area contributed by atoms with Gasteiger partial charge < -0.3 is 4.98 Å². The Hall–Kier alpha value is -2.14. The van der Waals surface area contributed by atoms with Gasteiger partial charge >= 0.3 is 4.87 Å². The van der Waals surface area contributed by atoms with Crippen molar-refractivity contribution in [3.8, 4) is 16.3 Å². The highest BCUT2D eigenvalue weighted by atomic mass is 35.5. The van der Waals surface area contributed by atoms with Crippen LogP contribution in [0.25, 0.3) is 27.3 Å². The van der Waals surface area contributed by atoms with Crippen LogP contribution in [0.2, 0.25) is 20.1 Å². The molecule has 5 rings (SSSR count). The third kappa shape index (κ3) is 4.12. The van der Waals surface area contributed by atoms with Crippen LogP contribution in [0.1, 0.15) is 0 Å². The van der Waals surface area contributed by atoms with Gasteiger partial charge in [-0.25, -0.2) is 9.97 Å². The summed E-state index contributed by atoms with van der Waals surface area (Å²) in [5.74, 6) is 0. The first kappa shape index (κ1) is 21.7. The van der Waals surface area contributed by atoms with Crippen LogP contribution < -0.4 is 4.87 Å². The summed E-state index contributed by atoms with van der Waals surface area (Å²) in [6.45, 7) is 0. The molecule has 32 heavy (non-hydrogen) atoms. The standard InChI is InChI=1S/C19H8Cl4N6OS2/c20-9-2-1-8(3-10(9)21)29-7-25-28-18(29)32-17-16(15-6-24-19(30)31-15)26-13-4-11(22)12(23)5-14(13)27-17/h1-7H,(H,24,30). The van der Waals surface area contributed by atoms with E-state index in [0.717, 1.165) is 17.0 Å². The normalized spacial score (nSPS) is 11.4. The number of nitrogens with zero attached hydrogens (tertiary/aromatic N) is 5. The molecule has 2 aromatic carbocycles. The van der Waals surface area contributed by atoms with Gasteiger partial charge in [0.1, 0.15) is 17.0 Å². The molecule has 0 bridgehead atoms. The van der Waals surface area contributed by atoms with Crippen molar-refractivity contribution in [3.63, 3.8) is 0 Å². The highest BCUT2D eigenvalue weighted by Gasteiger charge is 2.19. The van der Waals surface area contributed by atoms with E-state index in [1.165, 1.54) is 11.8 Å². The number of H-pyrrole nitrogens is 1. The number of benzene rings is 2. The summed E-state index contributed by atoms with van der Waals surface area (Å²) < 4.78 is 1.75. The number of nitrogens with one attached hydrogen (secondary N) is 1. The van der Waals surface area contributed by atoms with Crippen LogP contribution in [-0.2, 0) is 0 Å². The summed E-state index contributed by atoms with van der Waals surface area (Å²) in [6.07, 6.45) is 3.15. The van der Waals surface area contributed by atoms with Gasteiger partial charge in [-0.1, -0.05) is 57.7 Å². The molecular formula is C19H8Cl4N6OS2. The summed E-state index contributed by atoms with van der Waals surface area (Å²) in [7, 11) is 0. The van der Waals surface area contributed by atoms with E-state index in [4.69, 9.17) is 56.4 Å².